The number of hydrogen-bond acceptors (Lipinski definition) is 4. The summed E-state index contributed by atoms with van der Waals surface area (Å²) in [7, 11) is -0.945. The molecule has 1 aromatic carbocycles. The molecule has 1 rings (SSSR count). The fourth-order valence-electron chi connectivity index (χ4n) is 1.23. The summed E-state index contributed by atoms with van der Waals surface area (Å²) in [4.78, 5) is -0.148. The van der Waals surface area contributed by atoms with E-state index in [9.17, 15) is 16.8 Å². The van der Waals surface area contributed by atoms with Crippen LogP contribution in [0.1, 0.15) is 0 Å². The number of benzene rings is 1. The van der Waals surface area contributed by atoms with Crippen LogP contribution in [-0.2, 0) is 19.1 Å². The van der Waals surface area contributed by atoms with Crippen LogP contribution in [0.4, 0.5) is 0 Å². The molecule has 5 nitrogen and oxygen atoms in total. The highest BCUT2D eigenvalue weighted by Crippen LogP contribution is 2.19. The summed E-state index contributed by atoms with van der Waals surface area (Å²) in [6, 6.07) is 4.70. The smallest absolute Gasteiger partial charge is 0.207 e. The first kappa shape index (κ1) is 15.2. The van der Waals surface area contributed by atoms with Crippen molar-refractivity contribution >= 4 is 29.8 Å². The molecule has 18 heavy (non-hydrogen) atoms. The molecule has 0 aliphatic heterocycles. The summed E-state index contributed by atoms with van der Waals surface area (Å²) >= 11 is 0. The zero-order valence-corrected chi connectivity index (χ0v) is 12.0. The monoisotopic (exact) mass is 309 g/mol. The van der Waals surface area contributed by atoms with Crippen LogP contribution < -0.4 is 0 Å². The second-order valence-corrected chi connectivity index (χ2v) is 8.09. The number of rotatable bonds is 5. The van der Waals surface area contributed by atoms with Gasteiger partial charge in [0, 0.05) is 24.3 Å². The molecule has 0 fully saturated rings. The van der Waals surface area contributed by atoms with Crippen LogP contribution >= 0.6 is 10.7 Å². The SMILES string of the molecule is C=CCN(C)S(=O)(=O)c1ccc(S(=O)(=O)Cl)cc1. The van der Waals surface area contributed by atoms with Crippen molar-refractivity contribution in [2.24, 2.45) is 0 Å². The highest BCUT2D eigenvalue weighted by Gasteiger charge is 2.20. The molecule has 0 radical (unpaired) electrons. The van der Waals surface area contributed by atoms with Crippen molar-refractivity contribution in [3.8, 4) is 0 Å². The molecule has 0 saturated carbocycles. The van der Waals surface area contributed by atoms with Crippen LogP contribution in [0, 0.1) is 0 Å². The van der Waals surface area contributed by atoms with Crippen LogP contribution in [-0.4, -0.2) is 34.7 Å². The van der Waals surface area contributed by atoms with Gasteiger partial charge >= 0.3 is 0 Å². The van der Waals surface area contributed by atoms with Gasteiger partial charge in [0.15, 0.2) is 0 Å². The summed E-state index contributed by atoms with van der Waals surface area (Å²) in [6.45, 7) is 3.62. The van der Waals surface area contributed by atoms with E-state index in [4.69, 9.17) is 10.7 Å². The van der Waals surface area contributed by atoms with Gasteiger partial charge in [-0.25, -0.2) is 16.8 Å². The number of halogens is 1. The molecule has 0 aliphatic rings. The number of sulfonamides is 1. The molecule has 0 atom stereocenters. The van der Waals surface area contributed by atoms with Gasteiger partial charge in [-0.05, 0) is 24.3 Å². The third-order valence-electron chi connectivity index (χ3n) is 2.20. The van der Waals surface area contributed by atoms with Gasteiger partial charge in [0.2, 0.25) is 10.0 Å². The van der Waals surface area contributed by atoms with Gasteiger partial charge in [-0.15, -0.1) is 6.58 Å². The average molecular weight is 310 g/mol. The van der Waals surface area contributed by atoms with E-state index in [2.05, 4.69) is 6.58 Å². The Labute approximate surface area is 111 Å². The molecule has 0 N–H and O–H groups in total. The van der Waals surface area contributed by atoms with Crippen LogP contribution in [0.15, 0.2) is 46.7 Å². The third-order valence-corrected chi connectivity index (χ3v) is 5.41. The molecule has 0 aromatic heterocycles. The molecule has 0 bridgehead atoms. The van der Waals surface area contributed by atoms with Gasteiger partial charge in [0.05, 0.1) is 9.79 Å². The standard InChI is InChI=1S/C10H12ClNO4S2/c1-3-8-12(2)18(15,16)10-6-4-9(5-7-10)17(11,13)14/h3-7H,1,8H2,2H3. The predicted molar refractivity (Wildman–Crippen MR) is 69.5 cm³/mol. The van der Waals surface area contributed by atoms with E-state index >= 15 is 0 Å². The zero-order chi connectivity index (χ0) is 14.0. The molecule has 0 aliphatic carbocycles. The van der Waals surface area contributed by atoms with Crippen molar-refractivity contribution in [3.05, 3.63) is 36.9 Å². The fraction of sp³-hybridized carbons (Fsp3) is 0.200. The maximum Gasteiger partial charge on any atom is 0.261 e. The van der Waals surface area contributed by atoms with Crippen molar-refractivity contribution < 1.29 is 16.8 Å². The summed E-state index contributed by atoms with van der Waals surface area (Å²) in [6.07, 6.45) is 1.45. The highest BCUT2D eigenvalue weighted by molar-refractivity contribution is 8.13. The molecule has 0 spiro atoms. The highest BCUT2D eigenvalue weighted by atomic mass is 35.7. The maximum atomic E-state index is 12.0. The van der Waals surface area contributed by atoms with Crippen LogP contribution in [0.2, 0.25) is 0 Å². The summed E-state index contributed by atoms with van der Waals surface area (Å²) in [5.74, 6) is 0. The lowest BCUT2D eigenvalue weighted by Crippen LogP contribution is -2.26. The van der Waals surface area contributed by atoms with Crippen molar-refractivity contribution in [3.63, 3.8) is 0 Å². The maximum absolute atomic E-state index is 12.0. The van der Waals surface area contributed by atoms with Gasteiger partial charge in [-0.2, -0.15) is 4.31 Å². The van der Waals surface area contributed by atoms with Crippen molar-refractivity contribution in [2.45, 2.75) is 9.79 Å². The Balaban J connectivity index is 3.17. The Morgan fingerprint density at radius 3 is 2.00 bits per heavy atom. The quantitative estimate of drug-likeness (QED) is 0.609. The largest absolute Gasteiger partial charge is 0.261 e. The zero-order valence-electron chi connectivity index (χ0n) is 9.58. The minimum atomic E-state index is -3.85. The Bertz CT molecular complexity index is 635. The van der Waals surface area contributed by atoms with Gasteiger partial charge in [0.1, 0.15) is 0 Å². The van der Waals surface area contributed by atoms with Crippen molar-refractivity contribution in [1.29, 1.82) is 0 Å². The Morgan fingerprint density at radius 1 is 1.17 bits per heavy atom. The van der Waals surface area contributed by atoms with E-state index < -0.39 is 19.1 Å². The van der Waals surface area contributed by atoms with Crippen LogP contribution in [0.3, 0.4) is 0 Å². The summed E-state index contributed by atoms with van der Waals surface area (Å²) < 4.78 is 47.1. The van der Waals surface area contributed by atoms with E-state index in [1.165, 1.54) is 25.3 Å². The van der Waals surface area contributed by atoms with Crippen LogP contribution in [0.25, 0.3) is 0 Å². The molecule has 0 unspecified atom stereocenters. The lowest BCUT2D eigenvalue weighted by atomic mass is 10.4. The first-order valence-electron chi connectivity index (χ1n) is 4.81. The lowest BCUT2D eigenvalue weighted by Gasteiger charge is -2.15. The second kappa shape index (κ2) is 5.40. The van der Waals surface area contributed by atoms with Gasteiger partial charge < -0.3 is 0 Å². The molecular formula is C10H12ClNO4S2. The first-order chi connectivity index (χ1) is 8.19. The predicted octanol–water partition coefficient (Wildman–Crippen LogP) is 1.42. The molecular weight excluding hydrogens is 298 g/mol. The second-order valence-electron chi connectivity index (χ2n) is 3.48. The molecule has 100 valence electrons. The average Bonchev–Trinajstić information content (AvgIpc) is 2.28. The fourth-order valence-corrected chi connectivity index (χ4v) is 3.15. The lowest BCUT2D eigenvalue weighted by molar-refractivity contribution is 0.499. The third kappa shape index (κ3) is 3.32. The Hall–Kier alpha value is -0.890. The normalized spacial score (nSPS) is 12.6. The minimum Gasteiger partial charge on any atom is -0.207 e. The van der Waals surface area contributed by atoms with E-state index in [0.29, 0.717) is 0 Å². The minimum absolute atomic E-state index is 0.00378. The van der Waals surface area contributed by atoms with Gasteiger partial charge in [0.25, 0.3) is 9.05 Å². The molecule has 1 aromatic rings. The number of hydrogen-bond donors (Lipinski definition) is 0. The van der Waals surface area contributed by atoms with Crippen LogP contribution in [0.5, 0.6) is 0 Å². The van der Waals surface area contributed by atoms with Crippen molar-refractivity contribution in [1.82, 2.24) is 4.31 Å². The summed E-state index contributed by atoms with van der Waals surface area (Å²) in [5.41, 5.74) is 0. The first-order valence-corrected chi connectivity index (χ1v) is 8.56. The van der Waals surface area contributed by atoms with Gasteiger partial charge in [-0.3, -0.25) is 0 Å². The number of nitrogens with zero attached hydrogens (tertiary/aromatic N) is 1. The van der Waals surface area contributed by atoms with E-state index in [1.807, 2.05) is 0 Å². The van der Waals surface area contributed by atoms with E-state index in [0.717, 1.165) is 16.4 Å². The Morgan fingerprint density at radius 2 is 1.61 bits per heavy atom. The summed E-state index contributed by atoms with van der Waals surface area (Å²) in [5, 5.41) is 0. The molecule has 8 heteroatoms. The van der Waals surface area contributed by atoms with E-state index in [-0.39, 0.29) is 16.3 Å². The van der Waals surface area contributed by atoms with E-state index in [1.54, 1.807) is 0 Å². The molecule has 0 amide bonds. The number of likely N-dealkylation sites (N-methyl/N-ethyl adjacent to an activating group) is 1. The molecule has 0 saturated heterocycles. The molecule has 0 heterocycles. The topological polar surface area (TPSA) is 71.5 Å². The van der Waals surface area contributed by atoms with Crippen molar-refractivity contribution in [2.75, 3.05) is 13.6 Å². The Kier molecular flexibility index (Phi) is 4.55. The van der Waals surface area contributed by atoms with Gasteiger partial charge in [-0.1, -0.05) is 6.08 Å².